The molecule has 0 radical (unpaired) electrons. The predicted octanol–water partition coefficient (Wildman–Crippen LogP) is 3.48. The molecule has 2 heterocycles. The summed E-state index contributed by atoms with van der Waals surface area (Å²) in [6.45, 7) is -0.759. The number of rotatable bonds is 6. The number of likely N-dealkylation sites (tertiary alicyclic amines) is 1. The number of hydrogen-bond acceptors (Lipinski definition) is 5. The van der Waals surface area contributed by atoms with Crippen LogP contribution in [-0.4, -0.2) is 70.7 Å². The quantitative estimate of drug-likeness (QED) is 0.597. The molecule has 4 rings (SSSR count). The third kappa shape index (κ3) is 5.19. The van der Waals surface area contributed by atoms with Crippen LogP contribution in [-0.2, 0) is 22.4 Å². The van der Waals surface area contributed by atoms with E-state index in [1.807, 2.05) is 6.07 Å². The molecule has 1 aliphatic carbocycles. The SMILES string of the molecule is CN(C(=O)C1CN(C(=O)CO)C1)[C@@H](c1ccc(NC2Cc3ccc(Cl)c(Cl)c3C2)cn1)C(F)(F)F. The van der Waals surface area contributed by atoms with Crippen LogP contribution in [0.4, 0.5) is 18.9 Å². The normalized spacial score (nSPS) is 18.6. The van der Waals surface area contributed by atoms with Crippen LogP contribution in [0, 0.1) is 5.92 Å². The Morgan fingerprint density at radius 3 is 2.54 bits per heavy atom. The first-order valence-electron chi connectivity index (χ1n) is 10.9. The molecule has 1 fully saturated rings. The number of benzene rings is 1. The van der Waals surface area contributed by atoms with Gasteiger partial charge in [0.15, 0.2) is 6.04 Å². The monoisotopic (exact) mass is 530 g/mol. The zero-order chi connectivity index (χ0) is 25.5. The van der Waals surface area contributed by atoms with Gasteiger partial charge in [-0.2, -0.15) is 13.2 Å². The fourth-order valence-corrected chi connectivity index (χ4v) is 5.00. The first kappa shape index (κ1) is 25.5. The second kappa shape index (κ2) is 9.83. The molecular formula is C23H23Cl2F3N4O3. The first-order chi connectivity index (χ1) is 16.5. The summed E-state index contributed by atoms with van der Waals surface area (Å²) in [7, 11) is 1.08. The highest BCUT2D eigenvalue weighted by molar-refractivity contribution is 6.42. The van der Waals surface area contributed by atoms with E-state index >= 15 is 0 Å². The number of carbonyl (C=O) groups excluding carboxylic acids is 2. The van der Waals surface area contributed by atoms with Crippen LogP contribution >= 0.6 is 23.2 Å². The topological polar surface area (TPSA) is 85.8 Å². The summed E-state index contributed by atoms with van der Waals surface area (Å²) in [5.74, 6) is -2.06. The zero-order valence-electron chi connectivity index (χ0n) is 18.6. The number of aliphatic hydroxyl groups excluding tert-OH is 1. The minimum atomic E-state index is -4.75. The van der Waals surface area contributed by atoms with E-state index in [-0.39, 0.29) is 24.8 Å². The van der Waals surface area contributed by atoms with E-state index in [2.05, 4.69) is 10.3 Å². The van der Waals surface area contributed by atoms with Crippen molar-refractivity contribution in [2.45, 2.75) is 31.1 Å². The molecule has 7 nitrogen and oxygen atoms in total. The van der Waals surface area contributed by atoms with E-state index in [1.165, 1.54) is 23.2 Å². The molecule has 0 spiro atoms. The molecular weight excluding hydrogens is 508 g/mol. The summed E-state index contributed by atoms with van der Waals surface area (Å²) >= 11 is 12.4. The van der Waals surface area contributed by atoms with Crippen molar-refractivity contribution in [3.63, 3.8) is 0 Å². The lowest BCUT2D eigenvalue weighted by Crippen LogP contribution is -2.57. The van der Waals surface area contributed by atoms with E-state index < -0.39 is 36.6 Å². The molecule has 2 atom stereocenters. The van der Waals surface area contributed by atoms with Gasteiger partial charge in [-0.25, -0.2) is 0 Å². The molecule has 35 heavy (non-hydrogen) atoms. The van der Waals surface area contributed by atoms with Gasteiger partial charge in [0.25, 0.3) is 0 Å². The second-order valence-electron chi connectivity index (χ2n) is 8.77. The molecule has 2 amide bonds. The van der Waals surface area contributed by atoms with Crippen LogP contribution in [0.2, 0.25) is 10.0 Å². The summed E-state index contributed by atoms with van der Waals surface area (Å²) in [5.41, 5.74) is 2.25. The van der Waals surface area contributed by atoms with Crippen LogP contribution in [0.5, 0.6) is 0 Å². The van der Waals surface area contributed by atoms with Gasteiger partial charge in [-0.15, -0.1) is 0 Å². The Bertz CT molecular complexity index is 1120. The van der Waals surface area contributed by atoms with Gasteiger partial charge in [-0.05, 0) is 42.2 Å². The number of halogens is 5. The van der Waals surface area contributed by atoms with Crippen LogP contribution in [0.3, 0.4) is 0 Å². The van der Waals surface area contributed by atoms with Gasteiger partial charge < -0.3 is 20.2 Å². The second-order valence-corrected chi connectivity index (χ2v) is 9.55. The Kier molecular flexibility index (Phi) is 7.17. The van der Waals surface area contributed by atoms with Gasteiger partial charge >= 0.3 is 6.18 Å². The fraction of sp³-hybridized carbons (Fsp3) is 0.435. The summed E-state index contributed by atoms with van der Waals surface area (Å²) in [4.78, 5) is 30.0. The van der Waals surface area contributed by atoms with Crippen molar-refractivity contribution < 1.29 is 27.9 Å². The highest BCUT2D eigenvalue weighted by Gasteiger charge is 2.48. The molecule has 1 aromatic heterocycles. The Hall–Kier alpha value is -2.56. The number of fused-ring (bicyclic) bond motifs is 1. The lowest BCUT2D eigenvalue weighted by molar-refractivity contribution is -0.193. The number of amides is 2. The standard InChI is InChI=1S/C23H23Cl2F3N4O3/c1-31(22(35)13-9-32(10-13)19(34)11-33)21(23(26,27)28)18-5-3-14(8-29-18)30-15-6-12-2-4-17(24)20(25)16(12)7-15/h2-5,8,13,15,21,30,33H,6-7,9-11H2,1H3/t15?,21-/m0/s1. The molecule has 1 aromatic carbocycles. The molecule has 2 aromatic rings. The van der Waals surface area contributed by atoms with Crippen LogP contribution < -0.4 is 5.32 Å². The summed E-state index contributed by atoms with van der Waals surface area (Å²) in [6, 6.07) is 4.15. The van der Waals surface area contributed by atoms with E-state index in [0.29, 0.717) is 33.5 Å². The number of anilines is 1. The number of aromatic nitrogens is 1. The van der Waals surface area contributed by atoms with Gasteiger partial charge in [0, 0.05) is 26.2 Å². The molecule has 2 aliphatic rings. The molecule has 2 N–H and O–H groups in total. The van der Waals surface area contributed by atoms with Crippen molar-refractivity contribution in [3.8, 4) is 0 Å². The minimum Gasteiger partial charge on any atom is -0.387 e. The lowest BCUT2D eigenvalue weighted by atomic mass is 9.97. The minimum absolute atomic E-state index is 0.0144. The van der Waals surface area contributed by atoms with Crippen molar-refractivity contribution in [1.29, 1.82) is 0 Å². The molecule has 1 aliphatic heterocycles. The molecule has 0 saturated carbocycles. The first-order valence-corrected chi connectivity index (χ1v) is 11.7. The van der Waals surface area contributed by atoms with Gasteiger partial charge in [0.2, 0.25) is 11.8 Å². The van der Waals surface area contributed by atoms with Crippen molar-refractivity contribution in [2.75, 3.05) is 32.1 Å². The van der Waals surface area contributed by atoms with E-state index in [0.717, 1.165) is 18.2 Å². The van der Waals surface area contributed by atoms with Gasteiger partial charge in [-0.3, -0.25) is 14.6 Å². The molecule has 1 saturated heterocycles. The maximum Gasteiger partial charge on any atom is 0.414 e. The molecule has 12 heteroatoms. The van der Waals surface area contributed by atoms with Crippen molar-refractivity contribution in [1.82, 2.24) is 14.8 Å². The number of aliphatic hydroxyl groups is 1. The molecule has 188 valence electrons. The van der Waals surface area contributed by atoms with Crippen LogP contribution in [0.1, 0.15) is 22.9 Å². The third-order valence-corrected chi connectivity index (χ3v) is 7.25. The summed E-state index contributed by atoms with van der Waals surface area (Å²) in [5, 5.41) is 13.1. The number of hydrogen-bond donors (Lipinski definition) is 2. The Morgan fingerprint density at radius 2 is 1.94 bits per heavy atom. The summed E-state index contributed by atoms with van der Waals surface area (Å²) in [6.07, 6.45) is -2.13. The largest absolute Gasteiger partial charge is 0.414 e. The van der Waals surface area contributed by atoms with E-state index in [9.17, 15) is 22.8 Å². The van der Waals surface area contributed by atoms with Crippen LogP contribution in [0.15, 0.2) is 30.5 Å². The highest BCUT2D eigenvalue weighted by Crippen LogP contribution is 2.38. The van der Waals surface area contributed by atoms with Gasteiger partial charge in [0.1, 0.15) is 6.61 Å². The Balaban J connectivity index is 1.43. The average Bonchev–Trinajstić information content (AvgIpc) is 3.18. The van der Waals surface area contributed by atoms with Gasteiger partial charge in [0.05, 0.1) is 33.5 Å². The smallest absolute Gasteiger partial charge is 0.387 e. The number of carbonyl (C=O) groups is 2. The molecule has 0 bridgehead atoms. The van der Waals surface area contributed by atoms with Crippen LogP contribution in [0.25, 0.3) is 0 Å². The number of nitrogens with one attached hydrogen (secondary N) is 1. The lowest BCUT2D eigenvalue weighted by Gasteiger charge is -2.41. The molecule has 1 unspecified atom stereocenters. The summed E-state index contributed by atoms with van der Waals surface area (Å²) < 4.78 is 41.8. The number of nitrogens with zero attached hydrogens (tertiary/aromatic N) is 3. The zero-order valence-corrected chi connectivity index (χ0v) is 20.2. The maximum atomic E-state index is 13.9. The van der Waals surface area contributed by atoms with Gasteiger partial charge in [-0.1, -0.05) is 29.3 Å². The van der Waals surface area contributed by atoms with E-state index in [4.69, 9.17) is 28.3 Å². The van der Waals surface area contributed by atoms with Crippen molar-refractivity contribution in [3.05, 3.63) is 57.3 Å². The maximum absolute atomic E-state index is 13.9. The average molecular weight is 531 g/mol. The van der Waals surface area contributed by atoms with Crippen molar-refractivity contribution >= 4 is 40.7 Å². The van der Waals surface area contributed by atoms with E-state index in [1.54, 1.807) is 6.07 Å². The highest BCUT2D eigenvalue weighted by atomic mass is 35.5. The number of alkyl halides is 3. The number of pyridine rings is 1. The fourth-order valence-electron chi connectivity index (χ4n) is 4.56. The Labute approximate surface area is 209 Å². The Morgan fingerprint density at radius 1 is 1.23 bits per heavy atom. The predicted molar refractivity (Wildman–Crippen MR) is 124 cm³/mol. The third-order valence-electron chi connectivity index (χ3n) is 6.41. The van der Waals surface area contributed by atoms with Crippen molar-refractivity contribution in [2.24, 2.45) is 5.92 Å².